The van der Waals surface area contributed by atoms with Crippen molar-refractivity contribution in [2.24, 2.45) is 0 Å². The van der Waals surface area contributed by atoms with Gasteiger partial charge in [-0.3, -0.25) is 0 Å². The van der Waals surface area contributed by atoms with Gasteiger partial charge in [0.2, 0.25) is 0 Å². The van der Waals surface area contributed by atoms with Crippen molar-refractivity contribution in [2.75, 3.05) is 15.1 Å². The molecule has 0 saturated heterocycles. The van der Waals surface area contributed by atoms with Crippen LogP contribution in [0, 0.1) is 41.5 Å². The Morgan fingerprint density at radius 1 is 0.233 bits per heavy atom. The van der Waals surface area contributed by atoms with E-state index in [2.05, 4.69) is 311 Å². The summed E-state index contributed by atoms with van der Waals surface area (Å²) in [5, 5.41) is 13.5. The van der Waals surface area contributed by atoms with Gasteiger partial charge in [-0.2, -0.15) is 0 Å². The van der Waals surface area contributed by atoms with Gasteiger partial charge in [0.1, 0.15) is 45.4 Å². The van der Waals surface area contributed by atoms with Crippen molar-refractivity contribution in [3.8, 4) is 45.3 Å². The van der Waals surface area contributed by atoms with Gasteiger partial charge in [0, 0.05) is 99.3 Å². The number of hydrogen-bond donors (Lipinski definition) is 1. The van der Waals surface area contributed by atoms with Crippen molar-refractivity contribution >= 4 is 134 Å². The summed E-state index contributed by atoms with van der Waals surface area (Å²) in [4.78, 5) is 4.67. The zero-order chi connectivity index (χ0) is 70.2. The standard InChI is InChI=1S/C54H42N2O2.C26H14Cl2O2.C14H15N/c1-35-13-5-9-17-47(35)55(48-18-10-6-14-36(48)2)45-25-21-39(22-26-45)51-33-43-29-41-32-54-44(30-42(41)31-53(43)57-51)34-52(58-54)40-23-27-46(28-24-40)56(49-19-11-7-15-37(49)3)50-20-12-8-16-38(50)4;27-21-5-1-15(2-6-21)23-13-19-9-17-12-26-20(10-18(17)11-25(19)29-23)14-24(30-26)16-3-7-22(28)8-4-16;1-11-7-3-5-9-13(11)15-14-10-6-4-8-12(14)2/h5-34H,1-4H3;1-14H;3-10,15H,1-2H3. The lowest BCUT2D eigenvalue weighted by Gasteiger charge is -2.28. The quantitative estimate of drug-likeness (QED) is 0.131. The molecule has 0 saturated carbocycles. The number of halogens is 2. The Labute approximate surface area is 608 Å². The van der Waals surface area contributed by atoms with Crippen LogP contribution < -0.4 is 15.1 Å². The predicted molar refractivity (Wildman–Crippen MR) is 433 cm³/mol. The number of nitrogens with one attached hydrogen (secondary N) is 1. The second-order valence-corrected chi connectivity index (χ2v) is 27.2. The highest BCUT2D eigenvalue weighted by atomic mass is 35.5. The van der Waals surface area contributed by atoms with Crippen LogP contribution in [0.5, 0.6) is 0 Å². The molecule has 0 aliphatic carbocycles. The van der Waals surface area contributed by atoms with Gasteiger partial charge < -0.3 is 32.8 Å². The molecule has 0 radical (unpaired) electrons. The first-order valence-corrected chi connectivity index (χ1v) is 35.3. The Morgan fingerprint density at radius 2 is 0.466 bits per heavy atom. The van der Waals surface area contributed by atoms with Gasteiger partial charge >= 0.3 is 0 Å². The lowest BCUT2D eigenvalue weighted by molar-refractivity contribution is 0.631. The van der Waals surface area contributed by atoms with Crippen LogP contribution in [0.25, 0.3) is 111 Å². The summed E-state index contributed by atoms with van der Waals surface area (Å²) in [7, 11) is 0. The lowest BCUT2D eigenvalue weighted by Crippen LogP contribution is -2.12. The first-order chi connectivity index (χ1) is 50.3. The first kappa shape index (κ1) is 65.4. The monoisotopic (exact) mass is 1380 g/mol. The molecule has 0 spiro atoms. The topological polar surface area (TPSA) is 71.1 Å². The van der Waals surface area contributed by atoms with Crippen molar-refractivity contribution in [3.05, 3.63) is 359 Å². The van der Waals surface area contributed by atoms with Crippen LogP contribution in [-0.4, -0.2) is 0 Å². The third kappa shape index (κ3) is 13.6. The zero-order valence-electron chi connectivity index (χ0n) is 57.8. The number of aryl methyl sites for hydroxylation is 6. The summed E-state index contributed by atoms with van der Waals surface area (Å²) in [5.74, 6) is 3.33. The average Bonchev–Trinajstić information content (AvgIpc) is 1.64. The van der Waals surface area contributed by atoms with E-state index in [1.54, 1.807) is 0 Å². The SMILES string of the molecule is Cc1ccccc1N(c1ccc(-c2cc3cc4cc5oc(-c6ccc(N(c7ccccc7C)c7ccccc7C)cc6)cc5cc4cc3o2)cc1)c1ccccc1C.Cc1ccccc1Nc1ccccc1C.Clc1ccc(-c2cc3cc4cc5oc(-c6ccc(Cl)cc6)cc5cc4cc3o2)cc1. The molecule has 0 aliphatic rings. The Kier molecular flexibility index (Phi) is 17.8. The number of furan rings is 4. The molecule has 7 nitrogen and oxygen atoms in total. The number of hydrogen-bond acceptors (Lipinski definition) is 7. The molecular formula is C94H71Cl2N3O4. The van der Waals surface area contributed by atoms with Gasteiger partial charge in [0.05, 0.1) is 0 Å². The maximum atomic E-state index is 6.52. The minimum Gasteiger partial charge on any atom is -0.456 e. The molecule has 0 amide bonds. The number of anilines is 8. The molecule has 0 unspecified atom stereocenters. The molecule has 500 valence electrons. The maximum Gasteiger partial charge on any atom is 0.135 e. The highest BCUT2D eigenvalue weighted by Gasteiger charge is 2.21. The number of rotatable bonds is 12. The fourth-order valence-electron chi connectivity index (χ4n) is 13.6. The van der Waals surface area contributed by atoms with Crippen molar-refractivity contribution in [3.63, 3.8) is 0 Å². The third-order valence-corrected chi connectivity index (χ3v) is 19.8. The smallest absolute Gasteiger partial charge is 0.135 e. The van der Waals surface area contributed by atoms with Crippen molar-refractivity contribution in [1.82, 2.24) is 0 Å². The van der Waals surface area contributed by atoms with E-state index in [9.17, 15) is 0 Å². The van der Waals surface area contributed by atoms with Gasteiger partial charge in [0.15, 0.2) is 0 Å². The van der Waals surface area contributed by atoms with E-state index < -0.39 is 0 Å². The summed E-state index contributed by atoms with van der Waals surface area (Å²) < 4.78 is 25.3. The van der Waals surface area contributed by atoms with Crippen LogP contribution in [0.2, 0.25) is 10.0 Å². The molecule has 1 N–H and O–H groups in total. The zero-order valence-corrected chi connectivity index (χ0v) is 59.3. The third-order valence-electron chi connectivity index (χ3n) is 19.3. The van der Waals surface area contributed by atoms with E-state index in [0.717, 1.165) is 145 Å². The van der Waals surface area contributed by atoms with E-state index in [1.807, 2.05) is 60.7 Å². The molecule has 4 heterocycles. The van der Waals surface area contributed by atoms with Crippen LogP contribution in [0.3, 0.4) is 0 Å². The molecule has 9 heteroatoms. The van der Waals surface area contributed by atoms with E-state index in [4.69, 9.17) is 40.9 Å². The van der Waals surface area contributed by atoms with E-state index in [-0.39, 0.29) is 0 Å². The van der Waals surface area contributed by atoms with Crippen LogP contribution in [0.4, 0.5) is 45.5 Å². The minimum absolute atomic E-state index is 0.709. The molecule has 103 heavy (non-hydrogen) atoms. The Morgan fingerprint density at radius 3 is 0.718 bits per heavy atom. The van der Waals surface area contributed by atoms with Crippen LogP contribution in [0.1, 0.15) is 33.4 Å². The maximum absolute atomic E-state index is 6.52. The van der Waals surface area contributed by atoms with Crippen LogP contribution in [0.15, 0.2) is 333 Å². The first-order valence-electron chi connectivity index (χ1n) is 34.5. The summed E-state index contributed by atoms with van der Waals surface area (Å²) in [5.41, 5.74) is 24.1. The van der Waals surface area contributed by atoms with Crippen molar-refractivity contribution in [1.29, 1.82) is 0 Å². The normalized spacial score (nSPS) is 11.3. The second-order valence-electron chi connectivity index (χ2n) is 26.4. The van der Waals surface area contributed by atoms with E-state index >= 15 is 0 Å². The second kappa shape index (κ2) is 28.0. The molecule has 14 aromatic carbocycles. The van der Waals surface area contributed by atoms with Gasteiger partial charge in [-0.25, -0.2) is 0 Å². The minimum atomic E-state index is 0.709. The fourth-order valence-corrected chi connectivity index (χ4v) is 13.9. The Bertz CT molecular complexity index is 5540. The number of fused-ring (bicyclic) bond motifs is 6. The number of para-hydroxylation sites is 6. The van der Waals surface area contributed by atoms with E-state index in [0.29, 0.717) is 10.0 Å². The molecule has 0 aliphatic heterocycles. The highest BCUT2D eigenvalue weighted by Crippen LogP contribution is 2.44. The summed E-state index contributed by atoms with van der Waals surface area (Å²) in [6, 6.07) is 109. The van der Waals surface area contributed by atoms with Crippen LogP contribution in [-0.2, 0) is 0 Å². The van der Waals surface area contributed by atoms with Gasteiger partial charge in [-0.05, 0) is 303 Å². The van der Waals surface area contributed by atoms with Gasteiger partial charge in [-0.15, -0.1) is 0 Å². The fraction of sp³-hybridized carbons (Fsp3) is 0.0638. The molecule has 18 aromatic rings. The molecule has 18 rings (SSSR count). The van der Waals surface area contributed by atoms with Crippen LogP contribution >= 0.6 is 23.2 Å². The molecular weight excluding hydrogens is 1310 g/mol. The summed E-state index contributed by atoms with van der Waals surface area (Å²) >= 11 is 12.0. The molecule has 0 atom stereocenters. The largest absolute Gasteiger partial charge is 0.456 e. The molecule has 4 aromatic heterocycles. The number of nitrogens with zero attached hydrogens (tertiary/aromatic N) is 2. The van der Waals surface area contributed by atoms with E-state index in [1.165, 1.54) is 44.8 Å². The average molecular weight is 1380 g/mol. The Hall–Kier alpha value is -12.3. The van der Waals surface area contributed by atoms with Gasteiger partial charge in [-0.1, -0.05) is 132 Å². The number of benzene rings is 14. The van der Waals surface area contributed by atoms with Crippen molar-refractivity contribution < 1.29 is 17.7 Å². The highest BCUT2D eigenvalue weighted by molar-refractivity contribution is 6.31. The summed E-state index contributed by atoms with van der Waals surface area (Å²) in [6.45, 7) is 12.9. The Balaban J connectivity index is 0.000000149. The summed E-state index contributed by atoms with van der Waals surface area (Å²) in [6.07, 6.45) is 0. The predicted octanol–water partition coefficient (Wildman–Crippen LogP) is 28.9. The molecule has 0 fully saturated rings. The van der Waals surface area contributed by atoms with Crippen molar-refractivity contribution in [2.45, 2.75) is 41.5 Å². The molecule has 0 bridgehead atoms. The lowest BCUT2D eigenvalue weighted by atomic mass is 10.0. The van der Waals surface area contributed by atoms with Gasteiger partial charge in [0.25, 0.3) is 0 Å².